The second kappa shape index (κ2) is 10.3. The lowest BCUT2D eigenvalue weighted by atomic mass is 9.91. The summed E-state index contributed by atoms with van der Waals surface area (Å²) in [7, 11) is 1.89. The highest BCUT2D eigenvalue weighted by Gasteiger charge is 2.29. The van der Waals surface area contributed by atoms with Gasteiger partial charge in [-0.2, -0.15) is 0 Å². The summed E-state index contributed by atoms with van der Waals surface area (Å²) in [6.45, 7) is 4.42. The fourth-order valence-corrected chi connectivity index (χ4v) is 3.71. The Bertz CT molecular complexity index is 564. The molecular weight excluding hydrogens is 326 g/mol. The summed E-state index contributed by atoms with van der Waals surface area (Å²) < 4.78 is 5.51. The Morgan fingerprint density at radius 1 is 1.12 bits per heavy atom. The third kappa shape index (κ3) is 6.47. The van der Waals surface area contributed by atoms with Crippen molar-refractivity contribution in [3.05, 3.63) is 35.9 Å². The van der Waals surface area contributed by atoms with E-state index in [0.717, 1.165) is 18.4 Å². The second-order valence-electron chi connectivity index (χ2n) is 7.92. The van der Waals surface area contributed by atoms with E-state index in [1.165, 1.54) is 19.3 Å². The summed E-state index contributed by atoms with van der Waals surface area (Å²) in [6.07, 6.45) is 6.73. The molecule has 0 N–H and O–H groups in total. The lowest BCUT2D eigenvalue weighted by molar-refractivity contribution is -0.153. The molecule has 0 saturated heterocycles. The number of carbonyl (C=O) groups is 2. The average molecular weight is 360 g/mol. The molecule has 0 spiro atoms. The number of benzene rings is 1. The van der Waals surface area contributed by atoms with Gasteiger partial charge < -0.3 is 9.64 Å². The van der Waals surface area contributed by atoms with Gasteiger partial charge in [-0.3, -0.25) is 9.59 Å². The van der Waals surface area contributed by atoms with Crippen LogP contribution in [0.25, 0.3) is 0 Å². The molecule has 0 radical (unpaired) electrons. The van der Waals surface area contributed by atoms with Crippen LogP contribution in [0.1, 0.15) is 64.4 Å². The van der Waals surface area contributed by atoms with Crippen LogP contribution in [0.15, 0.2) is 30.3 Å². The zero-order chi connectivity index (χ0) is 18.9. The Balaban J connectivity index is 1.92. The number of esters is 1. The smallest absolute Gasteiger partial charge is 0.309 e. The summed E-state index contributed by atoms with van der Waals surface area (Å²) in [5.74, 6) is -0.207. The number of hydrogen-bond acceptors (Lipinski definition) is 3. The van der Waals surface area contributed by atoms with Crippen LogP contribution in [0.4, 0.5) is 0 Å². The van der Waals surface area contributed by atoms with Gasteiger partial charge in [-0.25, -0.2) is 0 Å². The standard InChI is InChI=1S/C22H33NO3/c1-17(2)14-19(22(25)26-16-18-10-6-4-7-11-18)15-21(24)23(3)20-12-8-5-9-13-20/h4,6-7,10-11,17,19-20H,5,8-9,12-16H2,1-3H3/t19-/m1/s1. The van der Waals surface area contributed by atoms with Gasteiger partial charge in [-0.1, -0.05) is 63.4 Å². The minimum absolute atomic E-state index is 0.0687. The number of amides is 1. The van der Waals surface area contributed by atoms with Gasteiger partial charge in [0.1, 0.15) is 6.61 Å². The average Bonchev–Trinajstić information content (AvgIpc) is 2.66. The Hall–Kier alpha value is -1.84. The molecule has 26 heavy (non-hydrogen) atoms. The Kier molecular flexibility index (Phi) is 8.14. The Morgan fingerprint density at radius 2 is 1.77 bits per heavy atom. The van der Waals surface area contributed by atoms with Gasteiger partial charge >= 0.3 is 5.97 Å². The molecule has 1 amide bonds. The maximum absolute atomic E-state index is 12.7. The Morgan fingerprint density at radius 3 is 2.38 bits per heavy atom. The van der Waals surface area contributed by atoms with Crippen molar-refractivity contribution in [2.24, 2.45) is 11.8 Å². The number of rotatable bonds is 8. The van der Waals surface area contributed by atoms with E-state index >= 15 is 0 Å². The molecule has 1 aromatic rings. The summed E-state index contributed by atoms with van der Waals surface area (Å²) in [5.41, 5.74) is 0.967. The molecule has 0 bridgehead atoms. The maximum atomic E-state index is 12.7. The molecule has 0 aromatic heterocycles. The topological polar surface area (TPSA) is 46.6 Å². The van der Waals surface area contributed by atoms with Crippen LogP contribution in [0.3, 0.4) is 0 Å². The van der Waals surface area contributed by atoms with Crippen LogP contribution in [0, 0.1) is 11.8 Å². The quantitative estimate of drug-likeness (QED) is 0.639. The highest BCUT2D eigenvalue weighted by atomic mass is 16.5. The van der Waals surface area contributed by atoms with Crippen molar-refractivity contribution in [3.63, 3.8) is 0 Å². The zero-order valence-corrected chi connectivity index (χ0v) is 16.4. The van der Waals surface area contributed by atoms with Crippen molar-refractivity contribution in [2.45, 2.75) is 71.4 Å². The van der Waals surface area contributed by atoms with Gasteiger partial charge in [0.2, 0.25) is 5.91 Å². The van der Waals surface area contributed by atoms with Crippen molar-refractivity contribution >= 4 is 11.9 Å². The highest BCUT2D eigenvalue weighted by molar-refractivity contribution is 5.83. The van der Waals surface area contributed by atoms with Gasteiger partial charge in [0.05, 0.1) is 5.92 Å². The molecule has 1 atom stereocenters. The van der Waals surface area contributed by atoms with Crippen molar-refractivity contribution in [1.29, 1.82) is 0 Å². The van der Waals surface area contributed by atoms with Crippen LogP contribution in [-0.4, -0.2) is 29.9 Å². The number of nitrogens with zero attached hydrogens (tertiary/aromatic N) is 1. The lowest BCUT2D eigenvalue weighted by Gasteiger charge is -2.32. The molecule has 144 valence electrons. The molecular formula is C22H33NO3. The van der Waals surface area contributed by atoms with E-state index < -0.39 is 0 Å². The van der Waals surface area contributed by atoms with E-state index in [0.29, 0.717) is 18.4 Å². The zero-order valence-electron chi connectivity index (χ0n) is 16.4. The minimum atomic E-state index is -0.364. The second-order valence-corrected chi connectivity index (χ2v) is 7.92. The third-order valence-electron chi connectivity index (χ3n) is 5.25. The monoisotopic (exact) mass is 359 g/mol. The molecule has 1 fully saturated rings. The molecule has 0 unspecified atom stereocenters. The fourth-order valence-electron chi connectivity index (χ4n) is 3.71. The van der Waals surface area contributed by atoms with Crippen LogP contribution in [0.2, 0.25) is 0 Å². The molecule has 1 aliphatic rings. The van der Waals surface area contributed by atoms with Crippen LogP contribution in [0.5, 0.6) is 0 Å². The minimum Gasteiger partial charge on any atom is -0.461 e. The van der Waals surface area contributed by atoms with Crippen LogP contribution < -0.4 is 0 Å². The first-order valence-electron chi connectivity index (χ1n) is 9.93. The first-order valence-corrected chi connectivity index (χ1v) is 9.93. The van der Waals surface area contributed by atoms with E-state index in [4.69, 9.17) is 4.74 Å². The van der Waals surface area contributed by atoms with Crippen molar-refractivity contribution in [2.75, 3.05) is 7.05 Å². The fraction of sp³-hybridized carbons (Fsp3) is 0.636. The van der Waals surface area contributed by atoms with Crippen molar-refractivity contribution in [1.82, 2.24) is 4.90 Å². The lowest BCUT2D eigenvalue weighted by Crippen LogP contribution is -2.40. The van der Waals surface area contributed by atoms with Gasteiger partial charge in [-0.15, -0.1) is 0 Å². The van der Waals surface area contributed by atoms with Gasteiger partial charge in [0.15, 0.2) is 0 Å². The van der Waals surface area contributed by atoms with Crippen molar-refractivity contribution in [3.8, 4) is 0 Å². The van der Waals surface area contributed by atoms with E-state index in [1.807, 2.05) is 42.3 Å². The summed E-state index contributed by atoms with van der Waals surface area (Å²) >= 11 is 0. The molecule has 0 heterocycles. The van der Waals surface area contributed by atoms with Gasteiger partial charge in [0, 0.05) is 19.5 Å². The molecule has 4 nitrogen and oxygen atoms in total. The maximum Gasteiger partial charge on any atom is 0.309 e. The Labute approximate surface area is 157 Å². The number of hydrogen-bond donors (Lipinski definition) is 0. The van der Waals surface area contributed by atoms with E-state index in [2.05, 4.69) is 13.8 Å². The number of ether oxygens (including phenoxy) is 1. The van der Waals surface area contributed by atoms with E-state index in [9.17, 15) is 9.59 Å². The molecule has 1 aromatic carbocycles. The summed E-state index contributed by atoms with van der Waals surface area (Å²) in [6, 6.07) is 10.00. The predicted molar refractivity (Wildman–Crippen MR) is 103 cm³/mol. The molecule has 1 aliphatic carbocycles. The SMILES string of the molecule is CC(C)C[C@H](CC(=O)N(C)C1CCCCC1)C(=O)OCc1ccccc1. The van der Waals surface area contributed by atoms with Gasteiger partial charge in [0.25, 0.3) is 0 Å². The molecule has 4 heteroatoms. The first kappa shape index (κ1) is 20.5. The van der Waals surface area contributed by atoms with Crippen molar-refractivity contribution < 1.29 is 14.3 Å². The van der Waals surface area contributed by atoms with E-state index in [1.54, 1.807) is 0 Å². The predicted octanol–water partition coefficient (Wildman–Crippen LogP) is 4.57. The normalized spacial score (nSPS) is 16.3. The van der Waals surface area contributed by atoms with Gasteiger partial charge in [-0.05, 0) is 30.7 Å². The highest BCUT2D eigenvalue weighted by Crippen LogP contribution is 2.24. The molecule has 0 aliphatic heterocycles. The first-order chi connectivity index (χ1) is 12.5. The largest absolute Gasteiger partial charge is 0.461 e. The summed E-state index contributed by atoms with van der Waals surface area (Å²) in [5, 5.41) is 0. The summed E-state index contributed by atoms with van der Waals surface area (Å²) in [4.78, 5) is 27.2. The van der Waals surface area contributed by atoms with Crippen LogP contribution in [-0.2, 0) is 20.9 Å². The van der Waals surface area contributed by atoms with Crippen LogP contribution >= 0.6 is 0 Å². The van der Waals surface area contributed by atoms with E-state index in [-0.39, 0.29) is 30.8 Å². The third-order valence-corrected chi connectivity index (χ3v) is 5.25. The number of carbonyl (C=O) groups excluding carboxylic acids is 2. The molecule has 1 saturated carbocycles. The molecule has 2 rings (SSSR count).